The van der Waals surface area contributed by atoms with Crippen molar-refractivity contribution in [1.82, 2.24) is 5.43 Å². The Labute approximate surface area is 76.2 Å². The molecule has 0 saturated carbocycles. The van der Waals surface area contributed by atoms with E-state index in [1.165, 1.54) is 0 Å². The summed E-state index contributed by atoms with van der Waals surface area (Å²) in [5.41, 5.74) is 10.1. The van der Waals surface area contributed by atoms with Crippen LogP contribution in [0.1, 0.15) is 41.0 Å². The third-order valence-electron chi connectivity index (χ3n) is 1.50. The van der Waals surface area contributed by atoms with E-state index in [0.29, 0.717) is 5.92 Å². The topological polar surface area (TPSA) is 64.1 Å². The first-order valence-electron chi connectivity index (χ1n) is 4.58. The molecule has 0 rings (SSSR count). The summed E-state index contributed by atoms with van der Waals surface area (Å²) in [6.07, 6.45) is 0.862. The second-order valence-electron chi connectivity index (χ2n) is 2.59. The molecule has 5 N–H and O–H groups in total. The average Bonchev–Trinajstić information content (AvgIpc) is 2.10. The van der Waals surface area contributed by atoms with Crippen molar-refractivity contribution in [1.29, 1.82) is 0 Å². The molecule has 0 heterocycles. The van der Waals surface area contributed by atoms with Crippen LogP contribution in [0.4, 0.5) is 0 Å². The van der Waals surface area contributed by atoms with Gasteiger partial charge in [-0.2, -0.15) is 0 Å². The molecule has 12 heavy (non-hydrogen) atoms. The lowest BCUT2D eigenvalue weighted by molar-refractivity contribution is 0.695. The molecule has 74 valence electrons. The van der Waals surface area contributed by atoms with Gasteiger partial charge in [0, 0.05) is 11.4 Å². The van der Waals surface area contributed by atoms with Crippen LogP contribution in [0.5, 0.6) is 0 Å². The molecule has 0 spiro atoms. The van der Waals surface area contributed by atoms with Gasteiger partial charge in [-0.1, -0.05) is 34.6 Å². The third-order valence-corrected chi connectivity index (χ3v) is 1.50. The van der Waals surface area contributed by atoms with Gasteiger partial charge in [-0.05, 0) is 12.3 Å². The predicted molar refractivity (Wildman–Crippen MR) is 55.0 cm³/mol. The fourth-order valence-electron chi connectivity index (χ4n) is 0.738. The highest BCUT2D eigenvalue weighted by Gasteiger charge is 2.02. The molecule has 0 unspecified atom stereocenters. The van der Waals surface area contributed by atoms with Crippen LogP contribution in [0.25, 0.3) is 0 Å². The lowest BCUT2D eigenvalue weighted by atomic mass is 10.1. The lowest BCUT2D eigenvalue weighted by Crippen LogP contribution is -2.26. The highest BCUT2D eigenvalue weighted by Crippen LogP contribution is 2.08. The SMILES string of the molecule is CC.CC/C(NN)=C(/N)C(C)C. The van der Waals surface area contributed by atoms with Gasteiger partial charge >= 0.3 is 0 Å². The second-order valence-corrected chi connectivity index (χ2v) is 2.59. The molecule has 0 aliphatic heterocycles. The van der Waals surface area contributed by atoms with E-state index in [2.05, 4.69) is 5.43 Å². The number of rotatable bonds is 3. The summed E-state index contributed by atoms with van der Waals surface area (Å²) in [6.45, 7) is 10.1. The van der Waals surface area contributed by atoms with Crippen molar-refractivity contribution in [3.8, 4) is 0 Å². The van der Waals surface area contributed by atoms with Gasteiger partial charge in [0.2, 0.25) is 0 Å². The van der Waals surface area contributed by atoms with Crippen LogP contribution in [0.3, 0.4) is 0 Å². The highest BCUT2D eigenvalue weighted by atomic mass is 15.2. The van der Waals surface area contributed by atoms with Crippen LogP contribution in [0.15, 0.2) is 11.4 Å². The number of nitrogens with one attached hydrogen (secondary N) is 1. The molecule has 0 radical (unpaired) electrons. The molecule has 0 aromatic heterocycles. The molecular formula is C9H23N3. The van der Waals surface area contributed by atoms with Crippen molar-refractivity contribution in [3.63, 3.8) is 0 Å². The molecular weight excluding hydrogens is 150 g/mol. The smallest absolute Gasteiger partial charge is 0.0446 e. The molecule has 0 fully saturated rings. The van der Waals surface area contributed by atoms with Crippen molar-refractivity contribution in [2.24, 2.45) is 17.5 Å². The minimum absolute atomic E-state index is 0.367. The summed E-state index contributed by atoms with van der Waals surface area (Å²) >= 11 is 0. The van der Waals surface area contributed by atoms with E-state index in [1.807, 2.05) is 34.6 Å². The Hall–Kier alpha value is -0.700. The Balaban J connectivity index is 0. The van der Waals surface area contributed by atoms with E-state index >= 15 is 0 Å². The van der Waals surface area contributed by atoms with Crippen molar-refractivity contribution >= 4 is 0 Å². The van der Waals surface area contributed by atoms with Crippen molar-refractivity contribution in [2.45, 2.75) is 41.0 Å². The maximum atomic E-state index is 5.72. The van der Waals surface area contributed by atoms with Crippen molar-refractivity contribution in [2.75, 3.05) is 0 Å². The maximum absolute atomic E-state index is 5.72. The predicted octanol–water partition coefficient (Wildman–Crippen LogP) is 1.71. The first-order chi connectivity index (χ1) is 5.63. The average molecular weight is 173 g/mol. The molecule has 0 aliphatic rings. The fourth-order valence-corrected chi connectivity index (χ4v) is 0.738. The highest BCUT2D eigenvalue weighted by molar-refractivity contribution is 5.09. The number of allylic oxidation sites excluding steroid dienone is 2. The number of hydrogen-bond donors (Lipinski definition) is 3. The second kappa shape index (κ2) is 8.40. The number of hydrogen-bond acceptors (Lipinski definition) is 3. The third kappa shape index (κ3) is 5.02. The van der Waals surface area contributed by atoms with E-state index in [-0.39, 0.29) is 0 Å². The zero-order valence-electron chi connectivity index (χ0n) is 8.94. The fraction of sp³-hybridized carbons (Fsp3) is 0.778. The molecule has 3 nitrogen and oxygen atoms in total. The molecule has 0 aromatic carbocycles. The van der Waals surface area contributed by atoms with Crippen molar-refractivity contribution < 1.29 is 0 Å². The van der Waals surface area contributed by atoms with Crippen LogP contribution in [-0.4, -0.2) is 0 Å². The molecule has 0 atom stereocenters. The van der Waals surface area contributed by atoms with Gasteiger partial charge in [-0.3, -0.25) is 5.84 Å². The summed E-state index contributed by atoms with van der Waals surface area (Å²) in [7, 11) is 0. The quantitative estimate of drug-likeness (QED) is 0.450. The summed E-state index contributed by atoms with van der Waals surface area (Å²) in [5, 5.41) is 0. The van der Waals surface area contributed by atoms with Gasteiger partial charge in [0.15, 0.2) is 0 Å². The minimum Gasteiger partial charge on any atom is -0.400 e. The summed E-state index contributed by atoms with van der Waals surface area (Å²) in [6, 6.07) is 0. The zero-order valence-corrected chi connectivity index (χ0v) is 8.94. The van der Waals surface area contributed by atoms with Crippen LogP contribution in [0.2, 0.25) is 0 Å². The molecule has 0 saturated heterocycles. The summed E-state index contributed by atoms with van der Waals surface area (Å²) in [4.78, 5) is 0. The van der Waals surface area contributed by atoms with E-state index in [9.17, 15) is 0 Å². The van der Waals surface area contributed by atoms with Crippen molar-refractivity contribution in [3.05, 3.63) is 11.4 Å². The van der Waals surface area contributed by atoms with E-state index < -0.39 is 0 Å². The molecule has 3 heteroatoms. The molecule has 0 amide bonds. The molecule has 0 aliphatic carbocycles. The van der Waals surface area contributed by atoms with Gasteiger partial charge < -0.3 is 11.2 Å². The first kappa shape index (κ1) is 13.9. The normalized spacial score (nSPS) is 11.6. The first-order valence-corrected chi connectivity index (χ1v) is 4.58. The lowest BCUT2D eigenvalue weighted by Gasteiger charge is -2.11. The Kier molecular flexibility index (Phi) is 9.70. The van der Waals surface area contributed by atoms with Crippen LogP contribution >= 0.6 is 0 Å². The van der Waals surface area contributed by atoms with Crippen LogP contribution in [0, 0.1) is 5.92 Å². The summed E-state index contributed by atoms with van der Waals surface area (Å²) in [5.74, 6) is 5.60. The van der Waals surface area contributed by atoms with E-state index in [4.69, 9.17) is 11.6 Å². The van der Waals surface area contributed by atoms with Gasteiger partial charge in [-0.25, -0.2) is 0 Å². The van der Waals surface area contributed by atoms with E-state index in [0.717, 1.165) is 17.8 Å². The Morgan fingerprint density at radius 3 is 1.83 bits per heavy atom. The van der Waals surface area contributed by atoms with Crippen LogP contribution in [-0.2, 0) is 0 Å². The largest absolute Gasteiger partial charge is 0.400 e. The van der Waals surface area contributed by atoms with Gasteiger partial charge in [-0.15, -0.1) is 0 Å². The van der Waals surface area contributed by atoms with Gasteiger partial charge in [0.25, 0.3) is 0 Å². The standard InChI is InChI=1S/C7H17N3.C2H6/c1-4-6(10-9)7(8)5(2)3;1-2/h5,10H,4,8-9H2,1-3H3;1-2H3/b7-6-;. The molecule has 0 bridgehead atoms. The summed E-state index contributed by atoms with van der Waals surface area (Å²) < 4.78 is 0. The van der Waals surface area contributed by atoms with Gasteiger partial charge in [0.1, 0.15) is 0 Å². The van der Waals surface area contributed by atoms with Gasteiger partial charge in [0.05, 0.1) is 0 Å². The minimum atomic E-state index is 0.367. The monoisotopic (exact) mass is 173 g/mol. The maximum Gasteiger partial charge on any atom is 0.0446 e. The molecule has 0 aromatic rings. The van der Waals surface area contributed by atoms with Crippen LogP contribution < -0.4 is 17.0 Å². The van der Waals surface area contributed by atoms with E-state index in [1.54, 1.807) is 0 Å². The Morgan fingerprint density at radius 2 is 1.75 bits per heavy atom. The number of hydrazine groups is 1. The Bertz CT molecular complexity index is 122. The zero-order chi connectivity index (χ0) is 10.1. The Morgan fingerprint density at radius 1 is 1.33 bits per heavy atom. The number of nitrogens with two attached hydrogens (primary N) is 2.